The molecule has 3 atom stereocenters. The zero-order valence-corrected chi connectivity index (χ0v) is 21.3. The minimum absolute atomic E-state index is 0.130. The molecule has 0 spiro atoms. The number of methoxy groups -OCH3 is 1. The van der Waals surface area contributed by atoms with Crippen LogP contribution in [-0.2, 0) is 9.53 Å². The summed E-state index contributed by atoms with van der Waals surface area (Å²) in [4.78, 5) is 32.1. The van der Waals surface area contributed by atoms with Crippen LogP contribution < -0.4 is 5.32 Å². The van der Waals surface area contributed by atoms with Crippen molar-refractivity contribution in [2.45, 2.75) is 88.2 Å². The molecule has 3 fully saturated rings. The quantitative estimate of drug-likeness (QED) is 0.554. The molecule has 2 aromatic heterocycles. The number of halogens is 4. The number of aromatic nitrogens is 3. The Bertz CT molecular complexity index is 1190. The molecule has 206 valence electrons. The van der Waals surface area contributed by atoms with Gasteiger partial charge in [0.25, 0.3) is 5.91 Å². The lowest BCUT2D eigenvalue weighted by atomic mass is 9.81. The fraction of sp³-hybridized carbons (Fsp3) is 0.615. The summed E-state index contributed by atoms with van der Waals surface area (Å²) in [7, 11) is 1.08. The summed E-state index contributed by atoms with van der Waals surface area (Å²) in [5, 5.41) is 9.83. The Hall–Kier alpha value is -3.02. The van der Waals surface area contributed by atoms with E-state index < -0.39 is 17.6 Å². The highest BCUT2D eigenvalue weighted by atomic mass is 19.4. The zero-order chi connectivity index (χ0) is 27.2. The number of carbonyl (C=O) groups excluding carboxylic acids is 2. The molecule has 2 aromatic rings. The molecule has 5 rings (SSSR count). The predicted octanol–water partition coefficient (Wildman–Crippen LogP) is 4.31. The van der Waals surface area contributed by atoms with Gasteiger partial charge in [0.1, 0.15) is 0 Å². The third-order valence-electron chi connectivity index (χ3n) is 8.46. The monoisotopic (exact) mass is 537 g/mol. The normalized spacial score (nSPS) is 29.4. The molecule has 38 heavy (non-hydrogen) atoms. The van der Waals surface area contributed by atoms with Gasteiger partial charge in [-0.2, -0.15) is 18.3 Å². The van der Waals surface area contributed by atoms with Crippen molar-refractivity contribution in [2.24, 2.45) is 5.92 Å². The number of pyridine rings is 1. The van der Waals surface area contributed by atoms with Gasteiger partial charge in [0.05, 0.1) is 11.9 Å². The fourth-order valence-electron chi connectivity index (χ4n) is 6.32. The molecule has 1 aliphatic carbocycles. The molecule has 1 saturated carbocycles. The Morgan fingerprint density at radius 1 is 1.13 bits per heavy atom. The third kappa shape index (κ3) is 4.78. The number of nitrogens with zero attached hydrogens (tertiary/aromatic N) is 3. The van der Waals surface area contributed by atoms with E-state index in [1.165, 1.54) is 6.07 Å². The SMILES string of the molecule is CO[C@]1(C(F)(F)F)CC[C@@H](NC(=O)[C@@H]2C[C@H]3CC[C@@H](C2)N3C(=O)c2cc(-c3cc(C)ncc3F)[nH]n2)CC1. The lowest BCUT2D eigenvalue weighted by Crippen LogP contribution is -2.54. The number of aryl methyl sites for hydroxylation is 1. The van der Waals surface area contributed by atoms with Crippen LogP contribution in [0.3, 0.4) is 0 Å². The number of amides is 2. The van der Waals surface area contributed by atoms with Gasteiger partial charge in [0.2, 0.25) is 5.91 Å². The standard InChI is InChI=1S/C26H31F4N5O3/c1-14-9-19(20(27)13-31-14)21-12-22(34-33-21)24(37)35-17-3-4-18(35)11-15(10-17)23(36)32-16-5-7-25(38-2,8-6-16)26(28,29)30/h9,12-13,15-18H,3-8,10-11H2,1-2H3,(H,32,36)(H,33,34)/t15-,16-,17-,18+,25-. The lowest BCUT2D eigenvalue weighted by Gasteiger charge is -2.41. The van der Waals surface area contributed by atoms with Crippen LogP contribution >= 0.6 is 0 Å². The minimum Gasteiger partial charge on any atom is -0.369 e. The van der Waals surface area contributed by atoms with Crippen molar-refractivity contribution in [1.29, 1.82) is 0 Å². The molecule has 2 aliphatic heterocycles. The second kappa shape index (κ2) is 9.94. The van der Waals surface area contributed by atoms with E-state index >= 15 is 0 Å². The van der Waals surface area contributed by atoms with Crippen molar-refractivity contribution in [3.63, 3.8) is 0 Å². The van der Waals surface area contributed by atoms with Gasteiger partial charge in [-0.1, -0.05) is 0 Å². The number of hydrogen-bond donors (Lipinski definition) is 2. The molecule has 2 N–H and O–H groups in total. The molecule has 3 aliphatic rings. The number of piperidine rings is 1. The molecule has 0 radical (unpaired) electrons. The van der Waals surface area contributed by atoms with E-state index in [0.717, 1.165) is 26.1 Å². The molecule has 8 nitrogen and oxygen atoms in total. The van der Waals surface area contributed by atoms with Gasteiger partial charge in [0, 0.05) is 42.4 Å². The van der Waals surface area contributed by atoms with Crippen LogP contribution in [0.5, 0.6) is 0 Å². The predicted molar refractivity (Wildman–Crippen MR) is 128 cm³/mol. The van der Waals surface area contributed by atoms with Crippen LogP contribution in [0.1, 0.15) is 67.5 Å². The van der Waals surface area contributed by atoms with E-state index in [2.05, 4.69) is 20.5 Å². The number of rotatable bonds is 5. The summed E-state index contributed by atoms with van der Waals surface area (Å²) >= 11 is 0. The van der Waals surface area contributed by atoms with Gasteiger partial charge >= 0.3 is 6.18 Å². The van der Waals surface area contributed by atoms with Crippen molar-refractivity contribution in [3.05, 3.63) is 35.5 Å². The Morgan fingerprint density at radius 2 is 1.79 bits per heavy atom. The van der Waals surface area contributed by atoms with Gasteiger partial charge in [-0.05, 0) is 70.4 Å². The molecule has 2 amide bonds. The maximum absolute atomic E-state index is 14.2. The zero-order valence-electron chi connectivity index (χ0n) is 21.3. The summed E-state index contributed by atoms with van der Waals surface area (Å²) in [5.74, 6) is -1.26. The van der Waals surface area contributed by atoms with Crippen molar-refractivity contribution >= 4 is 11.8 Å². The Labute approximate surface area is 217 Å². The number of nitrogens with one attached hydrogen (secondary N) is 2. The van der Waals surface area contributed by atoms with Crippen molar-refractivity contribution in [2.75, 3.05) is 7.11 Å². The molecule has 4 heterocycles. The maximum Gasteiger partial charge on any atom is 0.417 e. The first kappa shape index (κ1) is 26.6. The maximum atomic E-state index is 14.2. The molecule has 0 aromatic carbocycles. The van der Waals surface area contributed by atoms with Gasteiger partial charge in [-0.3, -0.25) is 19.7 Å². The number of hydrogen-bond acceptors (Lipinski definition) is 5. The second-order valence-electron chi connectivity index (χ2n) is 10.7. The number of ether oxygens (including phenoxy) is 1. The van der Waals surface area contributed by atoms with Crippen LogP contribution in [0.15, 0.2) is 18.3 Å². The summed E-state index contributed by atoms with van der Waals surface area (Å²) in [6, 6.07) is 2.52. The number of aromatic amines is 1. The minimum atomic E-state index is -4.45. The molecular formula is C26H31F4N5O3. The van der Waals surface area contributed by atoms with E-state index in [1.54, 1.807) is 17.9 Å². The van der Waals surface area contributed by atoms with E-state index in [1.807, 2.05) is 0 Å². The highest BCUT2D eigenvalue weighted by molar-refractivity contribution is 5.94. The highest BCUT2D eigenvalue weighted by Crippen LogP contribution is 2.44. The summed E-state index contributed by atoms with van der Waals surface area (Å²) < 4.78 is 59.4. The van der Waals surface area contributed by atoms with Crippen LogP contribution in [0.4, 0.5) is 17.6 Å². The van der Waals surface area contributed by atoms with Gasteiger partial charge < -0.3 is 15.0 Å². The average molecular weight is 538 g/mol. The van der Waals surface area contributed by atoms with E-state index in [9.17, 15) is 27.2 Å². The Kier molecular flexibility index (Phi) is 6.95. The fourth-order valence-corrected chi connectivity index (χ4v) is 6.32. The van der Waals surface area contributed by atoms with E-state index in [-0.39, 0.29) is 72.8 Å². The van der Waals surface area contributed by atoms with Gasteiger partial charge in [-0.15, -0.1) is 0 Å². The number of carbonyl (C=O) groups is 2. The third-order valence-corrected chi connectivity index (χ3v) is 8.46. The van der Waals surface area contributed by atoms with Crippen LogP contribution in [0.25, 0.3) is 11.3 Å². The molecular weight excluding hydrogens is 506 g/mol. The van der Waals surface area contributed by atoms with Crippen LogP contribution in [0.2, 0.25) is 0 Å². The van der Waals surface area contributed by atoms with Crippen LogP contribution in [0, 0.1) is 18.7 Å². The lowest BCUT2D eigenvalue weighted by molar-refractivity contribution is -0.280. The number of alkyl halides is 3. The van der Waals surface area contributed by atoms with Crippen molar-refractivity contribution in [3.8, 4) is 11.3 Å². The molecule has 2 saturated heterocycles. The smallest absolute Gasteiger partial charge is 0.369 e. The molecule has 0 unspecified atom stereocenters. The number of H-pyrrole nitrogens is 1. The first-order chi connectivity index (χ1) is 18.0. The van der Waals surface area contributed by atoms with Crippen molar-refractivity contribution < 1.29 is 31.9 Å². The van der Waals surface area contributed by atoms with Gasteiger partial charge in [-0.25, -0.2) is 4.39 Å². The Morgan fingerprint density at radius 3 is 2.39 bits per heavy atom. The second-order valence-corrected chi connectivity index (χ2v) is 10.7. The summed E-state index contributed by atoms with van der Waals surface area (Å²) in [6.45, 7) is 1.74. The van der Waals surface area contributed by atoms with Crippen LogP contribution in [-0.4, -0.2) is 68.9 Å². The number of fused-ring (bicyclic) bond motifs is 2. The summed E-state index contributed by atoms with van der Waals surface area (Å²) in [6.07, 6.45) is -0.805. The topological polar surface area (TPSA) is 100 Å². The average Bonchev–Trinajstić information content (AvgIpc) is 3.47. The van der Waals surface area contributed by atoms with E-state index in [0.29, 0.717) is 24.2 Å². The first-order valence-electron chi connectivity index (χ1n) is 12.9. The molecule has 12 heteroatoms. The first-order valence-corrected chi connectivity index (χ1v) is 12.9. The largest absolute Gasteiger partial charge is 0.417 e. The Balaban J connectivity index is 1.20. The highest BCUT2D eigenvalue weighted by Gasteiger charge is 2.56. The van der Waals surface area contributed by atoms with Crippen molar-refractivity contribution in [1.82, 2.24) is 25.4 Å². The van der Waals surface area contributed by atoms with E-state index in [4.69, 9.17) is 4.74 Å². The summed E-state index contributed by atoms with van der Waals surface area (Å²) in [5.41, 5.74) is -0.666. The van der Waals surface area contributed by atoms with Gasteiger partial charge in [0.15, 0.2) is 17.1 Å². The molecule has 2 bridgehead atoms.